The molecule has 3 nitrogen and oxygen atoms in total. The third-order valence-corrected chi connectivity index (χ3v) is 2.58. The van der Waals surface area contributed by atoms with Crippen molar-refractivity contribution < 1.29 is 13.9 Å². The Hall–Kier alpha value is -1.58. The van der Waals surface area contributed by atoms with Crippen LogP contribution in [0.3, 0.4) is 0 Å². The molecule has 0 spiro atoms. The van der Waals surface area contributed by atoms with E-state index in [1.807, 2.05) is 0 Å². The van der Waals surface area contributed by atoms with Gasteiger partial charge < -0.3 is 10.5 Å². The largest absolute Gasteiger partial charge is 0.459 e. The minimum Gasteiger partial charge on any atom is -0.459 e. The number of rotatable bonds is 2. The van der Waals surface area contributed by atoms with Crippen molar-refractivity contribution in [1.82, 2.24) is 0 Å². The quantitative estimate of drug-likeness (QED) is 0.599. The van der Waals surface area contributed by atoms with Gasteiger partial charge in [0.25, 0.3) is 0 Å². The minimum absolute atomic E-state index is 0.0588. The van der Waals surface area contributed by atoms with Crippen molar-refractivity contribution in [2.45, 2.75) is 25.4 Å². The van der Waals surface area contributed by atoms with E-state index in [1.165, 1.54) is 18.2 Å². The number of halogens is 1. The molecule has 0 saturated heterocycles. The number of ether oxygens (including phenoxy) is 1. The summed E-state index contributed by atoms with van der Waals surface area (Å²) in [4.78, 5) is 11.5. The van der Waals surface area contributed by atoms with Gasteiger partial charge in [0.2, 0.25) is 0 Å². The van der Waals surface area contributed by atoms with Crippen LogP contribution >= 0.6 is 0 Å². The first-order chi connectivity index (χ1) is 7.18. The first-order valence-electron chi connectivity index (χ1n) is 4.93. The van der Waals surface area contributed by atoms with E-state index in [0.717, 1.165) is 19.3 Å². The van der Waals surface area contributed by atoms with Crippen molar-refractivity contribution in [3.63, 3.8) is 0 Å². The summed E-state index contributed by atoms with van der Waals surface area (Å²) < 4.78 is 18.4. The number of nitrogen functional groups attached to an aromatic ring is 1. The summed E-state index contributed by atoms with van der Waals surface area (Å²) in [6, 6.07) is 4.15. The van der Waals surface area contributed by atoms with E-state index in [9.17, 15) is 9.18 Å². The summed E-state index contributed by atoms with van der Waals surface area (Å²) in [5.74, 6) is -1.28. The van der Waals surface area contributed by atoms with E-state index >= 15 is 0 Å². The number of nitrogens with two attached hydrogens (primary N) is 1. The zero-order valence-electron chi connectivity index (χ0n) is 8.20. The van der Waals surface area contributed by atoms with E-state index in [2.05, 4.69) is 0 Å². The number of carbonyl (C=O) groups is 1. The van der Waals surface area contributed by atoms with Gasteiger partial charge in [-0.3, -0.25) is 0 Å². The van der Waals surface area contributed by atoms with Gasteiger partial charge in [-0.2, -0.15) is 0 Å². The molecule has 1 fully saturated rings. The van der Waals surface area contributed by atoms with Crippen LogP contribution in [-0.2, 0) is 4.74 Å². The maximum Gasteiger partial charge on any atom is 0.343 e. The molecule has 15 heavy (non-hydrogen) atoms. The van der Waals surface area contributed by atoms with Gasteiger partial charge >= 0.3 is 5.97 Å². The number of carbonyl (C=O) groups excluding carboxylic acids is 1. The summed E-state index contributed by atoms with van der Waals surface area (Å²) in [5, 5.41) is 0. The van der Waals surface area contributed by atoms with Gasteiger partial charge in [0.15, 0.2) is 0 Å². The molecule has 0 aromatic heterocycles. The van der Waals surface area contributed by atoms with E-state index in [-0.39, 0.29) is 17.4 Å². The molecule has 4 heteroatoms. The summed E-state index contributed by atoms with van der Waals surface area (Å²) >= 11 is 0. The first-order valence-corrected chi connectivity index (χ1v) is 4.93. The lowest BCUT2D eigenvalue weighted by Crippen LogP contribution is -2.26. The van der Waals surface area contributed by atoms with Gasteiger partial charge in [0.1, 0.15) is 17.5 Å². The molecular formula is C11H12FNO2. The fourth-order valence-electron chi connectivity index (χ4n) is 1.46. The van der Waals surface area contributed by atoms with Crippen LogP contribution in [0.2, 0.25) is 0 Å². The molecule has 0 atom stereocenters. The van der Waals surface area contributed by atoms with Gasteiger partial charge in [-0.25, -0.2) is 9.18 Å². The highest BCUT2D eigenvalue weighted by Gasteiger charge is 2.25. The first kappa shape index (κ1) is 9.96. The predicted octanol–water partition coefficient (Wildman–Crippen LogP) is 2.12. The standard InChI is InChI=1S/C11H12FNO2/c12-8-5-2-6-9(13)10(8)11(14)15-7-3-1-4-7/h2,5-7H,1,3-4,13H2. The predicted molar refractivity (Wildman–Crippen MR) is 53.9 cm³/mol. The normalized spacial score (nSPS) is 15.8. The Balaban J connectivity index is 2.16. The third kappa shape index (κ3) is 1.93. The third-order valence-electron chi connectivity index (χ3n) is 2.58. The number of hydrogen-bond acceptors (Lipinski definition) is 3. The molecule has 1 aromatic rings. The van der Waals surface area contributed by atoms with Crippen molar-refractivity contribution in [1.29, 1.82) is 0 Å². The lowest BCUT2D eigenvalue weighted by atomic mass is 9.96. The van der Waals surface area contributed by atoms with Gasteiger partial charge in [-0.1, -0.05) is 6.07 Å². The van der Waals surface area contributed by atoms with E-state index in [0.29, 0.717) is 0 Å². The van der Waals surface area contributed by atoms with Crippen molar-refractivity contribution in [3.8, 4) is 0 Å². The monoisotopic (exact) mass is 209 g/mol. The number of esters is 1. The second-order valence-corrected chi connectivity index (χ2v) is 3.66. The minimum atomic E-state index is -0.657. The highest BCUT2D eigenvalue weighted by atomic mass is 19.1. The van der Waals surface area contributed by atoms with Crippen LogP contribution in [0.1, 0.15) is 29.6 Å². The van der Waals surface area contributed by atoms with Crippen LogP contribution in [0.15, 0.2) is 18.2 Å². The van der Waals surface area contributed by atoms with Gasteiger partial charge in [0.05, 0.1) is 0 Å². The van der Waals surface area contributed by atoms with Crippen LogP contribution in [0.25, 0.3) is 0 Å². The molecule has 1 aliphatic carbocycles. The van der Waals surface area contributed by atoms with Crippen LogP contribution in [0.4, 0.5) is 10.1 Å². The Morgan fingerprint density at radius 1 is 1.47 bits per heavy atom. The van der Waals surface area contributed by atoms with Gasteiger partial charge in [-0.05, 0) is 31.4 Å². The molecule has 0 aliphatic heterocycles. The topological polar surface area (TPSA) is 52.3 Å². The lowest BCUT2D eigenvalue weighted by molar-refractivity contribution is 0.00867. The molecule has 1 aromatic carbocycles. The second kappa shape index (κ2) is 3.88. The molecule has 1 aliphatic rings. The SMILES string of the molecule is Nc1cccc(F)c1C(=O)OC1CCC1. The lowest BCUT2D eigenvalue weighted by Gasteiger charge is -2.25. The molecule has 1 saturated carbocycles. The van der Waals surface area contributed by atoms with Crippen molar-refractivity contribution in [2.75, 3.05) is 5.73 Å². The summed E-state index contributed by atoms with van der Waals surface area (Å²) in [7, 11) is 0. The van der Waals surface area contributed by atoms with Crippen molar-refractivity contribution in [2.24, 2.45) is 0 Å². The summed E-state index contributed by atoms with van der Waals surface area (Å²) in [6.07, 6.45) is 2.72. The van der Waals surface area contributed by atoms with Gasteiger partial charge in [-0.15, -0.1) is 0 Å². The Morgan fingerprint density at radius 3 is 2.73 bits per heavy atom. The van der Waals surface area contributed by atoms with Crippen LogP contribution < -0.4 is 5.73 Å². The van der Waals surface area contributed by atoms with Gasteiger partial charge in [0, 0.05) is 5.69 Å². The Morgan fingerprint density at radius 2 is 2.20 bits per heavy atom. The summed E-state index contributed by atoms with van der Waals surface area (Å²) in [5.41, 5.74) is 5.49. The molecule has 0 radical (unpaired) electrons. The Labute approximate surface area is 87.0 Å². The van der Waals surface area contributed by atoms with E-state index in [1.54, 1.807) is 0 Å². The Bertz CT molecular complexity index is 368. The zero-order chi connectivity index (χ0) is 10.8. The number of benzene rings is 1. The Kier molecular flexibility index (Phi) is 2.58. The summed E-state index contributed by atoms with van der Waals surface area (Å²) in [6.45, 7) is 0. The highest BCUT2D eigenvalue weighted by Crippen LogP contribution is 2.25. The maximum atomic E-state index is 13.3. The number of anilines is 1. The average Bonchev–Trinajstić information content (AvgIpc) is 2.11. The van der Waals surface area contributed by atoms with E-state index in [4.69, 9.17) is 10.5 Å². The fourth-order valence-corrected chi connectivity index (χ4v) is 1.46. The van der Waals surface area contributed by atoms with Crippen LogP contribution in [-0.4, -0.2) is 12.1 Å². The molecule has 0 unspecified atom stereocenters. The molecule has 2 N–H and O–H groups in total. The van der Waals surface area contributed by atoms with Crippen molar-refractivity contribution in [3.05, 3.63) is 29.6 Å². The molecule has 2 rings (SSSR count). The van der Waals surface area contributed by atoms with Crippen LogP contribution in [0, 0.1) is 5.82 Å². The molecular weight excluding hydrogens is 197 g/mol. The van der Waals surface area contributed by atoms with Crippen LogP contribution in [0.5, 0.6) is 0 Å². The van der Waals surface area contributed by atoms with Crippen molar-refractivity contribution >= 4 is 11.7 Å². The smallest absolute Gasteiger partial charge is 0.343 e. The average molecular weight is 209 g/mol. The second-order valence-electron chi connectivity index (χ2n) is 3.66. The molecule has 0 bridgehead atoms. The molecule has 80 valence electrons. The molecule has 0 heterocycles. The fraction of sp³-hybridized carbons (Fsp3) is 0.364. The van der Waals surface area contributed by atoms with E-state index < -0.39 is 11.8 Å². The molecule has 0 amide bonds. The zero-order valence-corrected chi connectivity index (χ0v) is 8.20. The highest BCUT2D eigenvalue weighted by molar-refractivity contribution is 5.95. The number of hydrogen-bond donors (Lipinski definition) is 1. The maximum absolute atomic E-state index is 13.3.